The molecule has 0 fully saturated rings. The number of esters is 1. The van der Waals surface area contributed by atoms with Crippen molar-refractivity contribution < 1.29 is 29.0 Å². The first-order valence-corrected chi connectivity index (χ1v) is 11.5. The van der Waals surface area contributed by atoms with Crippen molar-refractivity contribution in [3.8, 4) is 5.75 Å². The Morgan fingerprint density at radius 2 is 1.60 bits per heavy atom. The Bertz CT molecular complexity index is 1140. The van der Waals surface area contributed by atoms with Gasteiger partial charge >= 0.3 is 11.9 Å². The summed E-state index contributed by atoms with van der Waals surface area (Å²) in [5.41, 5.74) is 2.85. The van der Waals surface area contributed by atoms with Crippen molar-refractivity contribution in [2.24, 2.45) is 0 Å². The third-order valence-electron chi connectivity index (χ3n) is 5.45. The fourth-order valence-electron chi connectivity index (χ4n) is 3.55. The molecular formula is C28H29NO6. The number of hydrogen-bond donors (Lipinski definition) is 2. The average Bonchev–Trinajstić information content (AvgIpc) is 2.88. The summed E-state index contributed by atoms with van der Waals surface area (Å²) in [6.45, 7) is 0.587. The van der Waals surface area contributed by atoms with Gasteiger partial charge in [-0.15, -0.1) is 0 Å². The zero-order chi connectivity index (χ0) is 25.0. The number of aryl methyl sites for hydroxylation is 2. The van der Waals surface area contributed by atoms with Gasteiger partial charge in [0.05, 0.1) is 25.0 Å². The molecule has 0 radical (unpaired) electrons. The molecule has 182 valence electrons. The van der Waals surface area contributed by atoms with E-state index in [4.69, 9.17) is 14.6 Å². The highest BCUT2D eigenvalue weighted by Crippen LogP contribution is 2.22. The van der Waals surface area contributed by atoms with Gasteiger partial charge in [0.2, 0.25) is 0 Å². The Balaban J connectivity index is 1.56. The smallest absolute Gasteiger partial charge is 0.339 e. The number of carbonyl (C=O) groups is 3. The molecule has 0 heterocycles. The van der Waals surface area contributed by atoms with Crippen molar-refractivity contribution in [3.63, 3.8) is 0 Å². The molecule has 3 rings (SSSR count). The number of aliphatic carboxylic acids is 1. The topological polar surface area (TPSA) is 102 Å². The van der Waals surface area contributed by atoms with Crippen LogP contribution in [0.15, 0.2) is 72.8 Å². The van der Waals surface area contributed by atoms with Crippen molar-refractivity contribution in [1.29, 1.82) is 0 Å². The third-order valence-corrected chi connectivity index (χ3v) is 5.45. The molecule has 0 atom stereocenters. The highest BCUT2D eigenvalue weighted by atomic mass is 16.5. The van der Waals surface area contributed by atoms with E-state index >= 15 is 0 Å². The van der Waals surface area contributed by atoms with Crippen molar-refractivity contribution in [2.75, 3.05) is 19.0 Å². The predicted octanol–water partition coefficient (Wildman–Crippen LogP) is 5.14. The molecule has 2 N–H and O–H groups in total. The minimum atomic E-state index is -0.925. The molecular weight excluding hydrogens is 446 g/mol. The van der Waals surface area contributed by atoms with E-state index in [1.165, 1.54) is 18.7 Å². The number of amides is 1. The fraction of sp³-hybridized carbons (Fsp3) is 0.250. The first kappa shape index (κ1) is 25.5. The molecule has 0 aliphatic heterocycles. The third kappa shape index (κ3) is 7.99. The number of methoxy groups -OCH3 is 1. The second-order valence-electron chi connectivity index (χ2n) is 8.03. The maximum atomic E-state index is 12.8. The van der Waals surface area contributed by atoms with Gasteiger partial charge in [0.25, 0.3) is 5.91 Å². The van der Waals surface area contributed by atoms with Crippen LogP contribution < -0.4 is 10.1 Å². The largest absolute Gasteiger partial charge is 0.494 e. The van der Waals surface area contributed by atoms with Crippen LogP contribution >= 0.6 is 0 Å². The summed E-state index contributed by atoms with van der Waals surface area (Å²) >= 11 is 0. The molecule has 35 heavy (non-hydrogen) atoms. The van der Waals surface area contributed by atoms with Gasteiger partial charge in [0.1, 0.15) is 5.75 Å². The number of carboxylic acids is 1. The molecule has 3 aromatic carbocycles. The Labute approximate surface area is 204 Å². The van der Waals surface area contributed by atoms with Crippen molar-refractivity contribution in [2.45, 2.75) is 32.1 Å². The number of rotatable bonds is 12. The quantitative estimate of drug-likeness (QED) is 0.278. The number of nitrogens with one attached hydrogen (secondary N) is 1. The fourth-order valence-corrected chi connectivity index (χ4v) is 3.55. The summed E-state index contributed by atoms with van der Waals surface area (Å²) in [4.78, 5) is 35.8. The molecule has 0 aromatic heterocycles. The monoisotopic (exact) mass is 475 g/mol. The van der Waals surface area contributed by atoms with Crippen LogP contribution in [0.2, 0.25) is 0 Å². The summed E-state index contributed by atoms with van der Waals surface area (Å²) in [7, 11) is 1.26. The van der Waals surface area contributed by atoms with E-state index in [2.05, 4.69) is 17.4 Å². The van der Waals surface area contributed by atoms with Gasteiger partial charge in [-0.3, -0.25) is 9.59 Å². The zero-order valence-corrected chi connectivity index (χ0v) is 19.7. The van der Waals surface area contributed by atoms with Crippen molar-refractivity contribution in [1.82, 2.24) is 0 Å². The highest BCUT2D eigenvalue weighted by molar-refractivity contribution is 6.08. The SMILES string of the molecule is COC(=O)c1ccc(CCC(=O)O)cc1NC(=O)c1ccc(OCCCCc2ccccc2)cc1. The normalized spacial score (nSPS) is 10.4. The molecule has 0 saturated heterocycles. The second kappa shape index (κ2) is 12.9. The van der Waals surface area contributed by atoms with Gasteiger partial charge < -0.3 is 19.9 Å². The lowest BCUT2D eigenvalue weighted by Crippen LogP contribution is -2.16. The van der Waals surface area contributed by atoms with Crippen molar-refractivity contribution >= 4 is 23.5 Å². The number of anilines is 1. The minimum absolute atomic E-state index is 0.0569. The van der Waals surface area contributed by atoms with E-state index in [9.17, 15) is 14.4 Å². The molecule has 1 amide bonds. The molecule has 3 aromatic rings. The van der Waals surface area contributed by atoms with Crippen LogP contribution in [0.25, 0.3) is 0 Å². The molecule has 0 aliphatic rings. The molecule has 0 spiro atoms. The van der Waals surface area contributed by atoms with Crippen molar-refractivity contribution in [3.05, 3.63) is 95.1 Å². The standard InChI is InChI=1S/C28H29NO6/c1-34-28(33)24-16-10-21(11-17-26(30)31)19-25(24)29-27(32)22-12-14-23(15-13-22)35-18-6-5-9-20-7-3-2-4-8-20/h2-4,7-8,10,12-16,19H,5-6,9,11,17-18H2,1H3,(H,29,32)(H,30,31). The lowest BCUT2D eigenvalue weighted by Gasteiger charge is -2.12. The number of benzene rings is 3. The lowest BCUT2D eigenvalue weighted by molar-refractivity contribution is -0.136. The van der Waals surface area contributed by atoms with E-state index in [0.29, 0.717) is 23.5 Å². The maximum absolute atomic E-state index is 12.8. The number of carboxylic acid groups (broad SMARTS) is 1. The van der Waals surface area contributed by atoms with Gasteiger partial charge in [-0.05, 0) is 73.2 Å². The summed E-state index contributed by atoms with van der Waals surface area (Å²) in [6, 6.07) is 21.9. The molecule has 7 nitrogen and oxygen atoms in total. The summed E-state index contributed by atoms with van der Waals surface area (Å²) < 4.78 is 10.6. The number of unbranched alkanes of at least 4 members (excludes halogenated alkanes) is 1. The molecule has 0 aliphatic carbocycles. The number of ether oxygens (including phenoxy) is 2. The van der Waals surface area contributed by atoms with E-state index in [1.54, 1.807) is 36.4 Å². The summed E-state index contributed by atoms with van der Waals surface area (Å²) in [5.74, 6) is -1.25. The van der Waals surface area contributed by atoms with Crippen LogP contribution in [0.1, 0.15) is 51.1 Å². The maximum Gasteiger partial charge on any atom is 0.339 e. The lowest BCUT2D eigenvalue weighted by atomic mass is 10.0. The van der Waals surface area contributed by atoms with Crippen LogP contribution in [0.3, 0.4) is 0 Å². The van der Waals surface area contributed by atoms with E-state index in [0.717, 1.165) is 19.3 Å². The van der Waals surface area contributed by atoms with Gasteiger partial charge in [-0.25, -0.2) is 4.79 Å². The van der Waals surface area contributed by atoms with Gasteiger partial charge in [-0.2, -0.15) is 0 Å². The second-order valence-corrected chi connectivity index (χ2v) is 8.03. The number of carbonyl (C=O) groups excluding carboxylic acids is 2. The highest BCUT2D eigenvalue weighted by Gasteiger charge is 2.16. The first-order chi connectivity index (χ1) is 17.0. The number of hydrogen-bond acceptors (Lipinski definition) is 5. The minimum Gasteiger partial charge on any atom is -0.494 e. The van der Waals surface area contributed by atoms with E-state index < -0.39 is 17.8 Å². The van der Waals surface area contributed by atoms with E-state index in [1.807, 2.05) is 18.2 Å². The van der Waals surface area contributed by atoms with Crippen LogP contribution in [0.5, 0.6) is 5.75 Å². The van der Waals surface area contributed by atoms with Crippen LogP contribution in [-0.2, 0) is 22.4 Å². The van der Waals surface area contributed by atoms with Crippen LogP contribution in [0, 0.1) is 0 Å². The molecule has 0 unspecified atom stereocenters. The summed E-state index contributed by atoms with van der Waals surface area (Å²) in [5, 5.41) is 11.7. The first-order valence-electron chi connectivity index (χ1n) is 11.5. The molecule has 0 saturated carbocycles. The molecule has 0 bridgehead atoms. The van der Waals surface area contributed by atoms with Gasteiger partial charge in [-0.1, -0.05) is 36.4 Å². The average molecular weight is 476 g/mol. The van der Waals surface area contributed by atoms with E-state index in [-0.39, 0.29) is 24.1 Å². The molecule has 7 heteroatoms. The predicted molar refractivity (Wildman–Crippen MR) is 133 cm³/mol. The Hall–Kier alpha value is -4.13. The van der Waals surface area contributed by atoms with Gasteiger partial charge in [0, 0.05) is 12.0 Å². The Morgan fingerprint density at radius 1 is 0.857 bits per heavy atom. The zero-order valence-electron chi connectivity index (χ0n) is 19.7. The summed E-state index contributed by atoms with van der Waals surface area (Å²) in [6.07, 6.45) is 3.17. The van der Waals surface area contributed by atoms with Crippen LogP contribution in [0.4, 0.5) is 5.69 Å². The Morgan fingerprint density at radius 3 is 2.29 bits per heavy atom. The van der Waals surface area contributed by atoms with Gasteiger partial charge in [0.15, 0.2) is 0 Å². The Kier molecular flexibility index (Phi) is 9.42. The van der Waals surface area contributed by atoms with Crippen LogP contribution in [-0.4, -0.2) is 36.7 Å².